The third-order valence-corrected chi connectivity index (χ3v) is 2.31. The zero-order valence-corrected chi connectivity index (χ0v) is 7.24. The number of anilines is 1. The van der Waals surface area contributed by atoms with E-state index in [4.69, 9.17) is 0 Å². The molecule has 1 aromatic rings. The zero-order valence-electron chi connectivity index (χ0n) is 6.43. The molecule has 2 rings (SSSR count). The van der Waals surface area contributed by atoms with Gasteiger partial charge in [-0.2, -0.15) is 18.3 Å². The van der Waals surface area contributed by atoms with Crippen molar-refractivity contribution in [1.82, 2.24) is 10.2 Å². The minimum absolute atomic E-state index is 0.133. The summed E-state index contributed by atoms with van der Waals surface area (Å²) in [5.41, 5.74) is -4.24. The summed E-state index contributed by atoms with van der Waals surface area (Å²) in [7, 11) is 0. The first-order valence-corrected chi connectivity index (χ1v) is 4.42. The van der Waals surface area contributed by atoms with Gasteiger partial charge in [-0.3, -0.25) is 5.10 Å². The van der Waals surface area contributed by atoms with Gasteiger partial charge in [0.15, 0.2) is 5.82 Å². The fraction of sp³-hybridized carbons (Fsp3) is 0.500. The molecule has 2 heterocycles. The summed E-state index contributed by atoms with van der Waals surface area (Å²) in [6.45, 7) is 1.58. The maximum Gasteiger partial charge on any atom is 0.446 e. The van der Waals surface area contributed by atoms with E-state index in [-0.39, 0.29) is 16.7 Å². The van der Waals surface area contributed by atoms with E-state index in [1.807, 2.05) is 0 Å². The van der Waals surface area contributed by atoms with Crippen LogP contribution in [-0.2, 0) is 0 Å². The molecule has 0 saturated carbocycles. The van der Waals surface area contributed by atoms with E-state index >= 15 is 0 Å². The van der Waals surface area contributed by atoms with Gasteiger partial charge in [0.1, 0.15) is 0 Å². The largest absolute Gasteiger partial charge is 0.446 e. The molecule has 0 aliphatic carbocycles. The first-order chi connectivity index (χ1) is 6.06. The Hall–Kier alpha value is -0.850. The molecule has 0 atom stereocenters. The van der Waals surface area contributed by atoms with Gasteiger partial charge in [-0.25, -0.2) is 0 Å². The number of alkyl halides is 3. The molecule has 0 spiro atoms. The van der Waals surface area contributed by atoms with Crippen molar-refractivity contribution < 1.29 is 13.2 Å². The number of H-pyrrole nitrogens is 1. The Kier molecular flexibility index (Phi) is 1.90. The molecule has 72 valence electrons. The predicted octanol–water partition coefficient (Wildman–Crippen LogP) is 1.84. The summed E-state index contributed by atoms with van der Waals surface area (Å²) in [5, 5.41) is 6.17. The van der Waals surface area contributed by atoms with Crippen LogP contribution in [0.4, 0.5) is 19.0 Å². The average molecular weight is 209 g/mol. The maximum atomic E-state index is 12.0. The molecule has 1 saturated heterocycles. The van der Waals surface area contributed by atoms with Crippen LogP contribution in [0.15, 0.2) is 11.1 Å². The molecule has 1 aromatic heterocycles. The molecular weight excluding hydrogens is 203 g/mol. The van der Waals surface area contributed by atoms with Crippen LogP contribution in [0.1, 0.15) is 0 Å². The predicted molar refractivity (Wildman–Crippen MR) is 42.7 cm³/mol. The highest BCUT2D eigenvalue weighted by molar-refractivity contribution is 8.00. The van der Waals surface area contributed by atoms with Crippen molar-refractivity contribution in [3.05, 3.63) is 6.20 Å². The Morgan fingerprint density at radius 2 is 2.15 bits per heavy atom. The first kappa shape index (κ1) is 8.74. The van der Waals surface area contributed by atoms with Crippen molar-refractivity contribution in [2.45, 2.75) is 10.4 Å². The maximum absolute atomic E-state index is 12.0. The van der Waals surface area contributed by atoms with Crippen LogP contribution in [0.25, 0.3) is 0 Å². The van der Waals surface area contributed by atoms with E-state index in [0.29, 0.717) is 5.82 Å². The Morgan fingerprint density at radius 3 is 2.69 bits per heavy atom. The summed E-state index contributed by atoms with van der Waals surface area (Å²) in [6, 6.07) is 0. The monoisotopic (exact) mass is 209 g/mol. The number of rotatable bonds is 2. The number of nitrogens with one attached hydrogen (secondary N) is 1. The van der Waals surface area contributed by atoms with E-state index in [1.54, 1.807) is 4.90 Å². The van der Waals surface area contributed by atoms with E-state index in [9.17, 15) is 13.2 Å². The molecule has 0 bridgehead atoms. The normalized spacial score (nSPS) is 16.4. The number of halogens is 3. The molecule has 1 aliphatic rings. The molecular formula is C6H6F3N3S. The van der Waals surface area contributed by atoms with Crippen LogP contribution < -0.4 is 4.90 Å². The van der Waals surface area contributed by atoms with Gasteiger partial charge in [0, 0.05) is 19.3 Å². The number of thioether (sulfide) groups is 1. The van der Waals surface area contributed by atoms with Crippen molar-refractivity contribution >= 4 is 17.6 Å². The van der Waals surface area contributed by atoms with E-state index in [1.165, 1.54) is 6.20 Å². The molecule has 1 N–H and O–H groups in total. The van der Waals surface area contributed by atoms with Crippen molar-refractivity contribution in [3.8, 4) is 0 Å². The van der Waals surface area contributed by atoms with Crippen molar-refractivity contribution in [1.29, 1.82) is 0 Å². The highest BCUT2D eigenvalue weighted by Crippen LogP contribution is 2.41. The van der Waals surface area contributed by atoms with Crippen LogP contribution in [0, 0.1) is 0 Å². The quantitative estimate of drug-likeness (QED) is 0.595. The number of aromatic nitrogens is 2. The zero-order chi connectivity index (χ0) is 9.47. The molecule has 0 unspecified atom stereocenters. The van der Waals surface area contributed by atoms with Crippen molar-refractivity contribution in [2.24, 2.45) is 0 Å². The fourth-order valence-corrected chi connectivity index (χ4v) is 1.59. The van der Waals surface area contributed by atoms with Crippen LogP contribution in [0.5, 0.6) is 0 Å². The second kappa shape index (κ2) is 2.83. The third kappa shape index (κ3) is 2.09. The van der Waals surface area contributed by atoms with Gasteiger partial charge >= 0.3 is 5.51 Å². The summed E-state index contributed by atoms with van der Waals surface area (Å²) in [5.74, 6) is 0.405. The minimum Gasteiger partial charge on any atom is -0.351 e. The lowest BCUT2D eigenvalue weighted by atomic mass is 10.6. The molecule has 3 nitrogen and oxygen atoms in total. The van der Waals surface area contributed by atoms with E-state index in [2.05, 4.69) is 10.2 Å². The Balaban J connectivity index is 2.15. The Morgan fingerprint density at radius 1 is 1.46 bits per heavy atom. The SMILES string of the molecule is FC(F)(F)Sc1c[nH]nc1N1CC1. The molecule has 0 aromatic carbocycles. The molecule has 7 heteroatoms. The van der Waals surface area contributed by atoms with Crippen LogP contribution in [0.3, 0.4) is 0 Å². The van der Waals surface area contributed by atoms with Gasteiger partial charge in [0.05, 0.1) is 4.90 Å². The van der Waals surface area contributed by atoms with Crippen LogP contribution in [0.2, 0.25) is 0 Å². The number of aromatic amines is 1. The number of nitrogens with zero attached hydrogens (tertiary/aromatic N) is 2. The van der Waals surface area contributed by atoms with Crippen LogP contribution >= 0.6 is 11.8 Å². The van der Waals surface area contributed by atoms with Crippen molar-refractivity contribution in [3.63, 3.8) is 0 Å². The molecule has 1 aliphatic heterocycles. The minimum atomic E-state index is -4.24. The standard InChI is InChI=1S/C6H6F3N3S/c7-6(8,9)13-4-3-10-11-5(4)12-1-2-12/h3H,1-2H2,(H,10,11). The van der Waals surface area contributed by atoms with Gasteiger partial charge in [-0.1, -0.05) is 0 Å². The van der Waals surface area contributed by atoms with Gasteiger partial charge in [0.2, 0.25) is 0 Å². The Bertz CT molecular complexity index is 304. The summed E-state index contributed by atoms with van der Waals surface area (Å²) in [4.78, 5) is 1.91. The van der Waals surface area contributed by atoms with E-state index < -0.39 is 5.51 Å². The molecule has 13 heavy (non-hydrogen) atoms. The van der Waals surface area contributed by atoms with E-state index in [0.717, 1.165) is 13.1 Å². The fourth-order valence-electron chi connectivity index (χ4n) is 0.960. The Labute approximate surface area is 76.3 Å². The molecule has 0 radical (unpaired) electrons. The lowest BCUT2D eigenvalue weighted by Gasteiger charge is -2.05. The third-order valence-electron chi connectivity index (χ3n) is 1.56. The summed E-state index contributed by atoms with van der Waals surface area (Å²) >= 11 is -0.133. The highest BCUT2D eigenvalue weighted by atomic mass is 32.2. The van der Waals surface area contributed by atoms with Gasteiger partial charge in [-0.15, -0.1) is 0 Å². The second-order valence-electron chi connectivity index (χ2n) is 2.61. The average Bonchev–Trinajstić information content (AvgIpc) is 2.72. The van der Waals surface area contributed by atoms with Gasteiger partial charge < -0.3 is 4.90 Å². The lowest BCUT2D eigenvalue weighted by molar-refractivity contribution is -0.0327. The number of hydrogen-bond donors (Lipinski definition) is 1. The van der Waals surface area contributed by atoms with Crippen molar-refractivity contribution in [2.75, 3.05) is 18.0 Å². The summed E-state index contributed by atoms with van der Waals surface area (Å²) in [6.07, 6.45) is 1.27. The smallest absolute Gasteiger partial charge is 0.351 e. The van der Waals surface area contributed by atoms with Gasteiger partial charge in [-0.05, 0) is 11.8 Å². The lowest BCUT2D eigenvalue weighted by Crippen LogP contribution is -2.00. The summed E-state index contributed by atoms with van der Waals surface area (Å²) < 4.78 is 36.0. The van der Waals surface area contributed by atoms with Gasteiger partial charge in [0.25, 0.3) is 0 Å². The first-order valence-electron chi connectivity index (χ1n) is 3.61. The highest BCUT2D eigenvalue weighted by Gasteiger charge is 2.33. The molecule has 1 fully saturated rings. The topological polar surface area (TPSA) is 31.7 Å². The molecule has 0 amide bonds. The second-order valence-corrected chi connectivity index (χ2v) is 3.71. The van der Waals surface area contributed by atoms with Crippen LogP contribution in [-0.4, -0.2) is 28.8 Å². The number of hydrogen-bond acceptors (Lipinski definition) is 3.